The fraction of sp³-hybridized carbons (Fsp3) is 1.00. The smallest absolute Gasteiger partial charge is 0.0645 e. The second-order valence-corrected chi connectivity index (χ2v) is 7.42. The average molecular weight is 268 g/mol. The summed E-state index contributed by atoms with van der Waals surface area (Å²) in [6.07, 6.45) is 2.71. The third kappa shape index (κ3) is 3.50. The van der Waals surface area contributed by atoms with E-state index in [1.807, 2.05) is 0 Å². The average Bonchev–Trinajstić information content (AvgIpc) is 2.33. The fourth-order valence-corrected chi connectivity index (χ4v) is 4.03. The second kappa shape index (κ2) is 6.11. The molecule has 0 bridgehead atoms. The lowest BCUT2D eigenvalue weighted by molar-refractivity contribution is -0.0661. The van der Waals surface area contributed by atoms with E-state index in [9.17, 15) is 0 Å². The minimum absolute atomic E-state index is 0.194. The van der Waals surface area contributed by atoms with Crippen LogP contribution in [0.1, 0.15) is 40.5 Å². The van der Waals surface area contributed by atoms with E-state index < -0.39 is 0 Å². The van der Waals surface area contributed by atoms with E-state index in [0.29, 0.717) is 6.04 Å². The summed E-state index contributed by atoms with van der Waals surface area (Å²) in [6.45, 7) is 13.5. The Morgan fingerprint density at radius 2 is 2.00 bits per heavy atom. The van der Waals surface area contributed by atoms with Gasteiger partial charge in [-0.15, -0.1) is 0 Å². The third-order valence-corrected chi connectivity index (χ3v) is 5.30. The molecule has 0 aromatic carbocycles. The van der Waals surface area contributed by atoms with Crippen LogP contribution in [0, 0.1) is 17.8 Å². The number of nitrogens with zero attached hydrogens (tertiary/aromatic N) is 1. The highest BCUT2D eigenvalue weighted by Gasteiger charge is 2.38. The van der Waals surface area contributed by atoms with Gasteiger partial charge in [0.2, 0.25) is 0 Å². The molecular weight excluding hydrogens is 236 g/mol. The van der Waals surface area contributed by atoms with Gasteiger partial charge in [-0.1, -0.05) is 13.8 Å². The van der Waals surface area contributed by atoms with Gasteiger partial charge in [0.25, 0.3) is 0 Å². The molecule has 3 heteroatoms. The lowest BCUT2D eigenvalue weighted by atomic mass is 9.72. The SMILES string of the molecule is CNC1CC(C)CC(C)C1CN1CCOCC1(C)C. The van der Waals surface area contributed by atoms with Crippen molar-refractivity contribution in [2.24, 2.45) is 17.8 Å². The van der Waals surface area contributed by atoms with E-state index in [4.69, 9.17) is 4.74 Å². The lowest BCUT2D eigenvalue weighted by Gasteiger charge is -2.48. The summed E-state index contributed by atoms with van der Waals surface area (Å²) >= 11 is 0. The Labute approximate surface area is 119 Å². The Bertz CT molecular complexity index is 292. The molecule has 3 nitrogen and oxygen atoms in total. The maximum atomic E-state index is 5.64. The van der Waals surface area contributed by atoms with Crippen LogP contribution < -0.4 is 5.32 Å². The molecule has 19 heavy (non-hydrogen) atoms. The maximum absolute atomic E-state index is 5.64. The topological polar surface area (TPSA) is 24.5 Å². The maximum Gasteiger partial charge on any atom is 0.0645 e. The molecule has 1 heterocycles. The Balaban J connectivity index is 2.03. The summed E-state index contributed by atoms with van der Waals surface area (Å²) in [4.78, 5) is 2.65. The first-order valence-electron chi connectivity index (χ1n) is 7.94. The van der Waals surface area contributed by atoms with Crippen LogP contribution >= 0.6 is 0 Å². The van der Waals surface area contributed by atoms with Crippen LogP contribution in [-0.4, -0.2) is 49.8 Å². The van der Waals surface area contributed by atoms with Gasteiger partial charge < -0.3 is 10.1 Å². The first kappa shape index (κ1) is 15.3. The first-order valence-corrected chi connectivity index (χ1v) is 7.94. The normalized spacial score (nSPS) is 40.3. The summed E-state index contributed by atoms with van der Waals surface area (Å²) in [5.41, 5.74) is 0.194. The standard InChI is InChI=1S/C16H32N2O/c1-12-8-13(2)14(15(9-12)17-5)10-18-6-7-19-11-16(18,3)4/h12-15,17H,6-11H2,1-5H3. The zero-order chi connectivity index (χ0) is 14.0. The van der Waals surface area contributed by atoms with Gasteiger partial charge in [0.05, 0.1) is 13.2 Å². The van der Waals surface area contributed by atoms with Crippen molar-refractivity contribution in [2.45, 2.75) is 52.1 Å². The predicted octanol–water partition coefficient (Wildman–Crippen LogP) is 2.37. The summed E-state index contributed by atoms with van der Waals surface area (Å²) < 4.78 is 5.64. The van der Waals surface area contributed by atoms with Gasteiger partial charge in [0.1, 0.15) is 0 Å². The van der Waals surface area contributed by atoms with E-state index in [1.165, 1.54) is 19.4 Å². The summed E-state index contributed by atoms with van der Waals surface area (Å²) in [6, 6.07) is 0.678. The molecule has 2 aliphatic rings. The molecule has 1 aliphatic carbocycles. The van der Waals surface area contributed by atoms with Crippen LogP contribution in [0.15, 0.2) is 0 Å². The van der Waals surface area contributed by atoms with Crippen molar-refractivity contribution < 1.29 is 4.74 Å². The molecule has 1 saturated carbocycles. The highest BCUT2D eigenvalue weighted by atomic mass is 16.5. The van der Waals surface area contributed by atoms with E-state index >= 15 is 0 Å². The molecule has 0 amide bonds. The Morgan fingerprint density at radius 1 is 1.26 bits per heavy atom. The van der Waals surface area contributed by atoms with Gasteiger partial charge in [-0.2, -0.15) is 0 Å². The molecule has 4 unspecified atom stereocenters. The molecule has 2 rings (SSSR count). The summed E-state index contributed by atoms with van der Waals surface area (Å²) in [5.74, 6) is 2.46. The zero-order valence-corrected chi connectivity index (χ0v) is 13.4. The first-order chi connectivity index (χ1) is 8.94. The van der Waals surface area contributed by atoms with Gasteiger partial charge in [-0.3, -0.25) is 4.90 Å². The van der Waals surface area contributed by atoms with Gasteiger partial charge in [-0.25, -0.2) is 0 Å². The van der Waals surface area contributed by atoms with Gasteiger partial charge in [0.15, 0.2) is 0 Å². The van der Waals surface area contributed by atoms with Gasteiger partial charge in [0, 0.05) is 24.7 Å². The van der Waals surface area contributed by atoms with Crippen molar-refractivity contribution in [3.63, 3.8) is 0 Å². The molecule has 4 atom stereocenters. The van der Waals surface area contributed by atoms with Crippen LogP contribution in [0.5, 0.6) is 0 Å². The molecule has 0 aromatic heterocycles. The molecule has 1 N–H and O–H groups in total. The van der Waals surface area contributed by atoms with Gasteiger partial charge in [-0.05, 0) is 51.5 Å². The molecule has 1 saturated heterocycles. The molecule has 0 spiro atoms. The summed E-state index contributed by atoms with van der Waals surface area (Å²) in [5, 5.41) is 3.57. The second-order valence-electron chi connectivity index (χ2n) is 7.42. The Morgan fingerprint density at radius 3 is 2.63 bits per heavy atom. The minimum atomic E-state index is 0.194. The van der Waals surface area contributed by atoms with Crippen molar-refractivity contribution in [1.29, 1.82) is 0 Å². The van der Waals surface area contributed by atoms with Crippen molar-refractivity contribution in [2.75, 3.05) is 33.4 Å². The number of hydrogen-bond donors (Lipinski definition) is 1. The lowest BCUT2D eigenvalue weighted by Crippen LogP contribution is -2.57. The molecule has 0 radical (unpaired) electrons. The largest absolute Gasteiger partial charge is 0.378 e. The predicted molar refractivity (Wildman–Crippen MR) is 80.4 cm³/mol. The Hall–Kier alpha value is -0.120. The molecular formula is C16H32N2O. The van der Waals surface area contributed by atoms with E-state index in [2.05, 4.69) is 45.0 Å². The minimum Gasteiger partial charge on any atom is -0.378 e. The van der Waals surface area contributed by atoms with Crippen molar-refractivity contribution >= 4 is 0 Å². The number of hydrogen-bond acceptors (Lipinski definition) is 3. The van der Waals surface area contributed by atoms with Crippen LogP contribution in [0.2, 0.25) is 0 Å². The fourth-order valence-electron chi connectivity index (χ4n) is 4.03. The van der Waals surface area contributed by atoms with Crippen molar-refractivity contribution in [1.82, 2.24) is 10.2 Å². The number of nitrogens with one attached hydrogen (secondary N) is 1. The van der Waals surface area contributed by atoms with Crippen LogP contribution in [-0.2, 0) is 4.74 Å². The zero-order valence-electron chi connectivity index (χ0n) is 13.4. The van der Waals surface area contributed by atoms with E-state index in [0.717, 1.165) is 37.5 Å². The van der Waals surface area contributed by atoms with E-state index in [1.54, 1.807) is 0 Å². The molecule has 2 fully saturated rings. The molecule has 0 aromatic rings. The van der Waals surface area contributed by atoms with E-state index in [-0.39, 0.29) is 5.54 Å². The van der Waals surface area contributed by atoms with Gasteiger partial charge >= 0.3 is 0 Å². The van der Waals surface area contributed by atoms with Crippen LogP contribution in [0.3, 0.4) is 0 Å². The Kier molecular flexibility index (Phi) is 4.91. The van der Waals surface area contributed by atoms with Crippen molar-refractivity contribution in [3.8, 4) is 0 Å². The summed E-state index contributed by atoms with van der Waals surface area (Å²) in [7, 11) is 2.13. The number of morpholine rings is 1. The van der Waals surface area contributed by atoms with Crippen molar-refractivity contribution in [3.05, 3.63) is 0 Å². The molecule has 1 aliphatic heterocycles. The quantitative estimate of drug-likeness (QED) is 0.850. The van der Waals surface area contributed by atoms with Crippen LogP contribution in [0.4, 0.5) is 0 Å². The monoisotopic (exact) mass is 268 g/mol. The highest BCUT2D eigenvalue weighted by molar-refractivity contribution is 4.92. The number of ether oxygens (including phenoxy) is 1. The highest BCUT2D eigenvalue weighted by Crippen LogP contribution is 2.35. The molecule has 112 valence electrons. The number of rotatable bonds is 3. The third-order valence-electron chi connectivity index (χ3n) is 5.30. The van der Waals surface area contributed by atoms with Crippen LogP contribution in [0.25, 0.3) is 0 Å².